The van der Waals surface area contributed by atoms with E-state index in [0.29, 0.717) is 11.3 Å². The van der Waals surface area contributed by atoms with E-state index < -0.39 is 0 Å². The fourth-order valence-corrected chi connectivity index (χ4v) is 3.07. The molecule has 0 heterocycles. The van der Waals surface area contributed by atoms with Crippen molar-refractivity contribution in [3.63, 3.8) is 0 Å². The summed E-state index contributed by atoms with van der Waals surface area (Å²) in [6.07, 6.45) is 8.62. The van der Waals surface area contributed by atoms with E-state index in [1.54, 1.807) is 0 Å². The lowest BCUT2D eigenvalue weighted by Gasteiger charge is -2.29. The van der Waals surface area contributed by atoms with Gasteiger partial charge in [-0.25, -0.2) is 0 Å². The van der Waals surface area contributed by atoms with Gasteiger partial charge in [-0.2, -0.15) is 11.8 Å². The molecule has 3 N–H and O–H groups in total. The average Bonchev–Trinajstić information content (AvgIpc) is 2.29. The monoisotopic (exact) mass is 244 g/mol. The van der Waals surface area contributed by atoms with Gasteiger partial charge in [0.05, 0.1) is 6.04 Å². The van der Waals surface area contributed by atoms with Gasteiger partial charge in [0.15, 0.2) is 0 Å². The quantitative estimate of drug-likeness (QED) is 0.776. The summed E-state index contributed by atoms with van der Waals surface area (Å²) in [5.74, 6) is 0.0357. The molecule has 0 spiro atoms. The number of nitrogens with one attached hydrogen (secondary N) is 1. The van der Waals surface area contributed by atoms with Crippen LogP contribution >= 0.6 is 11.8 Å². The summed E-state index contributed by atoms with van der Waals surface area (Å²) >= 11 is 1.91. The Morgan fingerprint density at radius 2 is 2.31 bits per heavy atom. The first-order chi connectivity index (χ1) is 7.67. The first-order valence-corrected chi connectivity index (χ1v) is 7.55. The fraction of sp³-hybridized carbons (Fsp3) is 0.917. The maximum absolute atomic E-state index is 11.8. The Kier molecular flexibility index (Phi) is 6.21. The zero-order valence-corrected chi connectivity index (χ0v) is 11.2. The number of hydrogen-bond acceptors (Lipinski definition) is 3. The van der Waals surface area contributed by atoms with Gasteiger partial charge in [0.2, 0.25) is 5.91 Å². The summed E-state index contributed by atoms with van der Waals surface area (Å²) in [5, 5.41) is 3.80. The van der Waals surface area contributed by atoms with Crippen LogP contribution in [0.25, 0.3) is 0 Å². The van der Waals surface area contributed by atoms with Crippen LogP contribution in [-0.4, -0.2) is 29.5 Å². The van der Waals surface area contributed by atoms with Gasteiger partial charge in [0, 0.05) is 11.3 Å². The third-order valence-electron chi connectivity index (χ3n) is 3.24. The van der Waals surface area contributed by atoms with E-state index in [1.807, 2.05) is 11.8 Å². The zero-order valence-electron chi connectivity index (χ0n) is 10.4. The van der Waals surface area contributed by atoms with Gasteiger partial charge in [-0.15, -0.1) is 0 Å². The lowest BCUT2D eigenvalue weighted by Crippen LogP contribution is -2.47. The van der Waals surface area contributed by atoms with Gasteiger partial charge in [0.1, 0.15) is 0 Å². The van der Waals surface area contributed by atoms with Crippen molar-refractivity contribution in [3.8, 4) is 0 Å². The second kappa shape index (κ2) is 7.17. The van der Waals surface area contributed by atoms with Crippen LogP contribution in [0.15, 0.2) is 0 Å². The summed E-state index contributed by atoms with van der Waals surface area (Å²) in [5.41, 5.74) is 5.79. The number of nitrogens with two attached hydrogens (primary N) is 1. The predicted molar refractivity (Wildman–Crippen MR) is 70.6 cm³/mol. The molecule has 0 aliphatic heterocycles. The van der Waals surface area contributed by atoms with Crippen LogP contribution in [0, 0.1) is 0 Å². The minimum Gasteiger partial charge on any atom is -0.352 e. The van der Waals surface area contributed by atoms with Crippen LogP contribution in [-0.2, 0) is 4.79 Å². The highest BCUT2D eigenvalue weighted by Crippen LogP contribution is 2.26. The van der Waals surface area contributed by atoms with Gasteiger partial charge < -0.3 is 11.1 Å². The highest BCUT2D eigenvalue weighted by molar-refractivity contribution is 7.99. The smallest absolute Gasteiger partial charge is 0.237 e. The highest BCUT2D eigenvalue weighted by atomic mass is 32.2. The summed E-state index contributed by atoms with van der Waals surface area (Å²) in [6.45, 7) is 2.05. The topological polar surface area (TPSA) is 55.1 Å². The van der Waals surface area contributed by atoms with Crippen molar-refractivity contribution in [3.05, 3.63) is 0 Å². The molecule has 1 aliphatic rings. The molecule has 1 amide bonds. The van der Waals surface area contributed by atoms with Crippen molar-refractivity contribution in [2.24, 2.45) is 5.73 Å². The Bertz CT molecular complexity index is 223. The van der Waals surface area contributed by atoms with E-state index in [2.05, 4.69) is 18.5 Å². The Morgan fingerprint density at radius 1 is 1.56 bits per heavy atom. The van der Waals surface area contributed by atoms with E-state index in [-0.39, 0.29) is 11.9 Å². The summed E-state index contributed by atoms with van der Waals surface area (Å²) in [6, 6.07) is 0.0289. The van der Waals surface area contributed by atoms with Crippen LogP contribution in [0.5, 0.6) is 0 Å². The van der Waals surface area contributed by atoms with Crippen molar-refractivity contribution in [1.82, 2.24) is 5.32 Å². The van der Waals surface area contributed by atoms with Crippen molar-refractivity contribution in [2.75, 3.05) is 6.26 Å². The van der Waals surface area contributed by atoms with Crippen LogP contribution in [0.1, 0.15) is 45.4 Å². The standard InChI is InChI=1S/C12H24N2OS/c1-3-5-11(13)12(15)14-9-6-4-7-10(8-9)16-2/h9-11H,3-8,13H2,1-2H3,(H,14,15)/t9?,10?,11-/m0/s1. The van der Waals surface area contributed by atoms with E-state index in [0.717, 1.165) is 25.7 Å². The molecule has 0 aromatic carbocycles. The Morgan fingerprint density at radius 3 is 2.94 bits per heavy atom. The van der Waals surface area contributed by atoms with Gasteiger partial charge in [0.25, 0.3) is 0 Å². The minimum atomic E-state index is -0.320. The molecule has 16 heavy (non-hydrogen) atoms. The minimum absolute atomic E-state index is 0.0357. The molecule has 3 nitrogen and oxygen atoms in total. The normalized spacial score (nSPS) is 27.4. The van der Waals surface area contributed by atoms with E-state index in [4.69, 9.17) is 5.73 Å². The SMILES string of the molecule is CCC[C@H](N)C(=O)NC1CCCC(SC)C1. The largest absolute Gasteiger partial charge is 0.352 e. The van der Waals surface area contributed by atoms with Gasteiger partial charge in [-0.3, -0.25) is 4.79 Å². The van der Waals surface area contributed by atoms with Crippen LogP contribution < -0.4 is 11.1 Å². The van der Waals surface area contributed by atoms with Gasteiger partial charge >= 0.3 is 0 Å². The molecule has 0 aromatic heterocycles. The number of hydrogen-bond donors (Lipinski definition) is 2. The summed E-state index contributed by atoms with van der Waals surface area (Å²) < 4.78 is 0. The molecular weight excluding hydrogens is 220 g/mol. The Balaban J connectivity index is 2.32. The molecule has 4 heteroatoms. The molecule has 0 saturated heterocycles. The first kappa shape index (κ1) is 13.8. The number of rotatable bonds is 5. The molecule has 94 valence electrons. The zero-order chi connectivity index (χ0) is 12.0. The summed E-state index contributed by atoms with van der Waals surface area (Å²) in [4.78, 5) is 11.8. The van der Waals surface area contributed by atoms with Crippen molar-refractivity contribution < 1.29 is 4.79 Å². The third-order valence-corrected chi connectivity index (χ3v) is 4.34. The maximum Gasteiger partial charge on any atom is 0.237 e. The van der Waals surface area contributed by atoms with E-state index in [9.17, 15) is 4.79 Å². The maximum atomic E-state index is 11.8. The van der Waals surface area contributed by atoms with Gasteiger partial charge in [-0.1, -0.05) is 19.8 Å². The average molecular weight is 244 g/mol. The molecule has 1 aliphatic carbocycles. The molecule has 0 aromatic rings. The number of carbonyl (C=O) groups is 1. The Labute approximate surface area is 103 Å². The number of amides is 1. The van der Waals surface area contributed by atoms with E-state index in [1.165, 1.54) is 12.8 Å². The van der Waals surface area contributed by atoms with E-state index >= 15 is 0 Å². The summed E-state index contributed by atoms with van der Waals surface area (Å²) in [7, 11) is 0. The second-order valence-corrected chi connectivity index (χ2v) is 5.76. The number of thioether (sulfide) groups is 1. The molecule has 1 saturated carbocycles. The molecule has 0 radical (unpaired) electrons. The molecular formula is C12H24N2OS. The predicted octanol–water partition coefficient (Wildman–Crippen LogP) is 1.90. The van der Waals surface area contributed by atoms with Crippen molar-refractivity contribution in [1.29, 1.82) is 0 Å². The van der Waals surface area contributed by atoms with Crippen molar-refractivity contribution in [2.45, 2.75) is 62.8 Å². The molecule has 1 rings (SSSR count). The second-order valence-electron chi connectivity index (χ2n) is 4.62. The molecule has 2 unspecified atom stereocenters. The highest BCUT2D eigenvalue weighted by Gasteiger charge is 2.24. The lowest BCUT2D eigenvalue weighted by atomic mass is 9.94. The molecule has 1 fully saturated rings. The first-order valence-electron chi connectivity index (χ1n) is 6.26. The third kappa shape index (κ3) is 4.34. The van der Waals surface area contributed by atoms with Crippen LogP contribution in [0.2, 0.25) is 0 Å². The van der Waals surface area contributed by atoms with Crippen molar-refractivity contribution >= 4 is 17.7 Å². The molecule has 3 atom stereocenters. The van der Waals surface area contributed by atoms with Crippen LogP contribution in [0.4, 0.5) is 0 Å². The fourth-order valence-electron chi connectivity index (χ4n) is 2.24. The van der Waals surface area contributed by atoms with Crippen LogP contribution in [0.3, 0.4) is 0 Å². The van der Waals surface area contributed by atoms with Gasteiger partial charge in [-0.05, 0) is 31.9 Å². The molecule has 0 bridgehead atoms. The number of carbonyl (C=O) groups excluding carboxylic acids is 1. The Hall–Kier alpha value is -0.220. The lowest BCUT2D eigenvalue weighted by molar-refractivity contribution is -0.123.